The van der Waals surface area contributed by atoms with Crippen molar-refractivity contribution in [3.8, 4) is 10.4 Å². The number of thiazole rings is 2. The molecular formula is C83H108B3BrIN7O12S2. The van der Waals surface area contributed by atoms with Crippen LogP contribution in [-0.4, -0.2) is 129 Å². The van der Waals surface area contributed by atoms with Crippen LogP contribution < -0.4 is 5.46 Å². The maximum absolute atomic E-state index is 11.8. The molecule has 19 nitrogen and oxygen atoms in total. The van der Waals surface area contributed by atoms with Gasteiger partial charge in [0, 0.05) is 45.3 Å². The van der Waals surface area contributed by atoms with E-state index in [1.165, 1.54) is 14.2 Å². The number of aromatic nitrogens is 5. The average molecular weight is 1700 g/mol. The zero-order valence-electron chi connectivity index (χ0n) is 62.8. The molecule has 582 valence electrons. The van der Waals surface area contributed by atoms with Crippen LogP contribution in [0.5, 0.6) is 0 Å². The minimum atomic E-state index is -0.476. The molecule has 3 saturated heterocycles. The third kappa shape index (κ3) is 26.3. The zero-order valence-corrected chi connectivity index (χ0v) is 68.2. The summed E-state index contributed by atoms with van der Waals surface area (Å²) >= 11 is 8.75. The Labute approximate surface area is 678 Å². The molecule has 4 aromatic carbocycles. The molecule has 0 unspecified atom stereocenters. The first-order chi connectivity index (χ1) is 49.7. The molecule has 3 aliphatic heterocycles. The summed E-state index contributed by atoms with van der Waals surface area (Å²) in [5.41, 5.74) is 9.71. The summed E-state index contributed by atoms with van der Waals surface area (Å²) in [4.78, 5) is 66.9. The van der Waals surface area contributed by atoms with Gasteiger partial charge in [-0.2, -0.15) is 0 Å². The molecule has 3 fully saturated rings. The molecule has 26 heteroatoms. The number of nitrogens with zero attached hydrogens (tertiary/aromatic N) is 7. The summed E-state index contributed by atoms with van der Waals surface area (Å²) in [6, 6.07) is 51.9. The SMILES string of the molecule is C.C.C.C.CC1(C)OB(B2OC(C)(C)C(C)(C)O2)OC1(C)C.CCOC(=O)Cc1cc(-c2sc(N=C(c3ccccc3)c3ccccc3)nc2C)ccn1.CCOC(=O)Cc1cc(B2OC(C)(C)C(C)(C)O2)ccn1.CCOC(=O)Cc1cc(Br)ccn1.Cc1nc(N=C(c2ccccc2)c2ccccc2)sc1I. The van der Waals surface area contributed by atoms with Crippen molar-refractivity contribution >= 4 is 127 Å². The number of hydrogen-bond acceptors (Lipinski definition) is 21. The second-order valence-electron chi connectivity index (χ2n) is 27.5. The average Bonchev–Trinajstić information content (AvgIpc) is 1.60. The van der Waals surface area contributed by atoms with E-state index in [-0.39, 0.29) is 100 Å². The summed E-state index contributed by atoms with van der Waals surface area (Å²) in [6.07, 6.45) is 5.56. The first-order valence-electron chi connectivity index (χ1n) is 34.8. The number of ether oxygens (including phenoxy) is 3. The molecule has 0 amide bonds. The van der Waals surface area contributed by atoms with E-state index in [2.05, 4.69) is 107 Å². The van der Waals surface area contributed by atoms with Gasteiger partial charge in [-0.05, 0) is 188 Å². The number of benzene rings is 4. The van der Waals surface area contributed by atoms with E-state index < -0.39 is 21.1 Å². The Morgan fingerprint density at radius 1 is 0.440 bits per heavy atom. The molecular weight excluding hydrogens is 1590 g/mol. The lowest BCUT2D eigenvalue weighted by molar-refractivity contribution is -0.143. The van der Waals surface area contributed by atoms with Gasteiger partial charge < -0.3 is 42.1 Å². The fourth-order valence-corrected chi connectivity index (χ4v) is 13.0. The zero-order chi connectivity index (χ0) is 76.3. The van der Waals surface area contributed by atoms with E-state index in [1.807, 2.05) is 200 Å². The number of carbonyl (C=O) groups is 3. The standard InChI is InChI=1S/C26H23N3O2S.C17H13IN2S.C15H22BNO4.C12H24B2O4.C9H10BrNO2.4CH4/c1-3-31-23(30)17-22-16-21(14-15-27-22)25-18(2)28-26(32-25)29-24(19-10-6-4-7-11-19)20-12-8-5-9-13-20;1-12-16(18)21-17(19-12)20-15(13-8-4-2-5-9-13)14-10-6-3-7-11-14;1-6-19-13(18)10-12-9-11(7-8-17-12)16-20-14(2,3)15(4,5)21-16;1-9(2)10(3,4)16-13(15-9)14-17-11(5,6)12(7,8)18-14;1-2-13-9(12)6-8-5-7(10)3-4-11-8;;;;/h4-16H,3,17H2,1-2H3;2-11H,1H3;7-9H,6,10H2,1-5H3;1-8H3;3-5H,2,6H2,1H3;4*1H4. The molecule has 0 radical (unpaired) electrons. The van der Waals surface area contributed by atoms with Crippen LogP contribution >= 0.6 is 61.2 Å². The van der Waals surface area contributed by atoms with Crippen LogP contribution in [0.25, 0.3) is 10.4 Å². The highest BCUT2D eigenvalue weighted by Gasteiger charge is 2.64. The van der Waals surface area contributed by atoms with E-state index in [0.717, 1.165) is 70.6 Å². The lowest BCUT2D eigenvalue weighted by atomic mass is 9.49. The van der Waals surface area contributed by atoms with Crippen molar-refractivity contribution in [2.45, 2.75) is 200 Å². The lowest BCUT2D eigenvalue weighted by Crippen LogP contribution is -2.41. The second kappa shape index (κ2) is 42.2. The highest BCUT2D eigenvalue weighted by Crippen LogP contribution is 2.44. The molecule has 0 bridgehead atoms. The molecule has 0 N–H and O–H groups in total. The lowest BCUT2D eigenvalue weighted by Gasteiger charge is -2.32. The molecule has 0 aliphatic carbocycles. The molecule has 8 heterocycles. The molecule has 109 heavy (non-hydrogen) atoms. The number of aryl methyl sites for hydroxylation is 2. The summed E-state index contributed by atoms with van der Waals surface area (Å²) in [5.74, 6) is -0.803. The van der Waals surface area contributed by atoms with Gasteiger partial charge in [0.2, 0.25) is 10.3 Å². The van der Waals surface area contributed by atoms with Crippen LogP contribution in [0.1, 0.15) is 184 Å². The fraction of sp³-hybridized carbons (Fsp3) is 0.398. The summed E-state index contributed by atoms with van der Waals surface area (Å²) in [5, 5.41) is 1.49. The van der Waals surface area contributed by atoms with Gasteiger partial charge in [0.05, 0.1) is 120 Å². The number of esters is 3. The normalized spacial score (nSPS) is 15.3. The van der Waals surface area contributed by atoms with Gasteiger partial charge in [0.1, 0.15) is 0 Å². The van der Waals surface area contributed by atoms with Crippen LogP contribution in [0.3, 0.4) is 0 Å². The number of pyridine rings is 3. The van der Waals surface area contributed by atoms with Crippen molar-refractivity contribution in [3.63, 3.8) is 0 Å². The Hall–Kier alpha value is -7.50. The van der Waals surface area contributed by atoms with Crippen molar-refractivity contribution in [2.75, 3.05) is 19.8 Å². The molecule has 3 aliphatic rings. The molecule has 0 saturated carbocycles. The van der Waals surface area contributed by atoms with E-state index in [1.54, 1.807) is 56.8 Å². The Kier molecular flexibility index (Phi) is 36.4. The fourth-order valence-electron chi connectivity index (χ4n) is 10.3. The largest absolute Gasteiger partial charge is 0.494 e. The summed E-state index contributed by atoms with van der Waals surface area (Å²) < 4.78 is 52.7. The highest BCUT2D eigenvalue weighted by molar-refractivity contribution is 14.1. The molecule has 5 aromatic heterocycles. The van der Waals surface area contributed by atoms with Gasteiger partial charge in [-0.25, -0.2) is 20.0 Å². The van der Waals surface area contributed by atoms with Crippen molar-refractivity contribution in [3.05, 3.63) is 234 Å². The first-order valence-corrected chi connectivity index (χ1v) is 38.3. The number of aliphatic imine (C=N–C) groups is 2. The van der Waals surface area contributed by atoms with Crippen molar-refractivity contribution in [1.82, 2.24) is 24.9 Å². The van der Waals surface area contributed by atoms with Gasteiger partial charge in [0.15, 0.2) is 0 Å². The Morgan fingerprint density at radius 2 is 0.761 bits per heavy atom. The number of hydrogen-bond donors (Lipinski definition) is 0. The Morgan fingerprint density at radius 3 is 1.11 bits per heavy atom. The van der Waals surface area contributed by atoms with Crippen LogP contribution in [0.4, 0.5) is 10.3 Å². The monoisotopic (exact) mass is 1700 g/mol. The number of rotatable bonds is 18. The Balaban J connectivity index is 0.000000293. The highest BCUT2D eigenvalue weighted by atomic mass is 127. The quantitative estimate of drug-likeness (QED) is 0.0256. The van der Waals surface area contributed by atoms with Crippen LogP contribution in [0, 0.1) is 16.7 Å². The predicted molar refractivity (Wildman–Crippen MR) is 458 cm³/mol. The van der Waals surface area contributed by atoms with Gasteiger partial charge in [-0.1, -0.05) is 190 Å². The van der Waals surface area contributed by atoms with Gasteiger partial charge in [-0.15, -0.1) is 0 Å². The summed E-state index contributed by atoms with van der Waals surface area (Å²) in [6.45, 7) is 34.7. The van der Waals surface area contributed by atoms with Gasteiger partial charge in [-0.3, -0.25) is 29.3 Å². The third-order valence-electron chi connectivity index (χ3n) is 18.0. The Bertz CT molecular complexity index is 4240. The maximum atomic E-state index is 11.8. The van der Waals surface area contributed by atoms with E-state index in [0.29, 0.717) is 42.0 Å². The number of carbonyl (C=O) groups excluding carboxylic acids is 3. The van der Waals surface area contributed by atoms with Crippen molar-refractivity contribution in [2.24, 2.45) is 9.98 Å². The second-order valence-corrected chi connectivity index (χ2v) is 32.2. The maximum Gasteiger partial charge on any atom is 0.494 e. The van der Waals surface area contributed by atoms with E-state index >= 15 is 0 Å². The number of halogens is 2. The van der Waals surface area contributed by atoms with E-state index in [9.17, 15) is 14.4 Å². The van der Waals surface area contributed by atoms with Gasteiger partial charge in [0.25, 0.3) is 0 Å². The molecule has 12 rings (SSSR count). The van der Waals surface area contributed by atoms with Crippen LogP contribution in [-0.2, 0) is 75.8 Å². The van der Waals surface area contributed by atoms with Crippen LogP contribution in [0.15, 0.2) is 191 Å². The first kappa shape index (κ1) is 93.9. The molecule has 9 aromatic rings. The predicted octanol–water partition coefficient (Wildman–Crippen LogP) is 19.2. The topological polar surface area (TPSA) is 223 Å². The van der Waals surface area contributed by atoms with Crippen LogP contribution in [0.2, 0.25) is 0 Å². The minimum Gasteiger partial charge on any atom is -0.466 e. The third-order valence-corrected chi connectivity index (χ3v) is 21.9. The minimum absolute atomic E-state index is 0. The van der Waals surface area contributed by atoms with Crippen molar-refractivity contribution in [1.29, 1.82) is 0 Å². The van der Waals surface area contributed by atoms with Crippen molar-refractivity contribution < 1.29 is 56.5 Å². The smallest absolute Gasteiger partial charge is 0.466 e. The molecule has 0 spiro atoms. The molecule has 0 atom stereocenters. The summed E-state index contributed by atoms with van der Waals surface area (Å²) in [7, 11) is -1.40. The van der Waals surface area contributed by atoms with E-state index in [4.69, 9.17) is 57.1 Å². The van der Waals surface area contributed by atoms with Gasteiger partial charge >= 0.3 is 39.0 Å².